The molecule has 0 radical (unpaired) electrons. The van der Waals surface area contributed by atoms with Crippen molar-refractivity contribution in [1.82, 2.24) is 14.6 Å². The Hall–Kier alpha value is -4.25. The highest BCUT2D eigenvalue weighted by Gasteiger charge is 2.11. The molecule has 136 valence electrons. The number of nitrogens with one attached hydrogen (secondary N) is 1. The standard InChI is InChI=1S/C20H12FN5O2/c21-16-8-14(7-15(9-16)19(27)28)13-5-6-18-24-20(25-26(18)11-13)23-17-4-2-1-3-12(17)10-22/h1-9,11H,(H,23,25)(H,27,28). The third kappa shape index (κ3) is 3.24. The molecule has 0 atom stereocenters. The molecule has 0 aliphatic rings. The van der Waals surface area contributed by atoms with Gasteiger partial charge in [-0.2, -0.15) is 10.2 Å². The van der Waals surface area contributed by atoms with Gasteiger partial charge in [0.15, 0.2) is 5.65 Å². The molecule has 2 N–H and O–H groups in total. The normalized spacial score (nSPS) is 10.6. The first kappa shape index (κ1) is 17.2. The molecule has 0 aliphatic heterocycles. The molecule has 0 spiro atoms. The van der Waals surface area contributed by atoms with Gasteiger partial charge in [0.1, 0.15) is 11.9 Å². The minimum atomic E-state index is -1.20. The lowest BCUT2D eigenvalue weighted by atomic mass is 10.0. The fraction of sp³-hybridized carbons (Fsp3) is 0. The second kappa shape index (κ2) is 6.81. The predicted octanol–water partition coefficient (Wildman–Crippen LogP) is 3.85. The number of hydrogen-bond acceptors (Lipinski definition) is 5. The summed E-state index contributed by atoms with van der Waals surface area (Å²) in [6, 6.07) is 16.1. The maximum Gasteiger partial charge on any atom is 0.335 e. The smallest absolute Gasteiger partial charge is 0.335 e. The van der Waals surface area contributed by atoms with Crippen molar-refractivity contribution in [2.24, 2.45) is 0 Å². The van der Waals surface area contributed by atoms with E-state index >= 15 is 0 Å². The van der Waals surface area contributed by atoms with Gasteiger partial charge in [-0.1, -0.05) is 12.1 Å². The highest BCUT2D eigenvalue weighted by atomic mass is 19.1. The molecule has 0 unspecified atom stereocenters. The van der Waals surface area contributed by atoms with Gasteiger partial charge in [0.2, 0.25) is 5.95 Å². The van der Waals surface area contributed by atoms with E-state index in [1.807, 2.05) is 0 Å². The number of rotatable bonds is 4. The number of aromatic carboxylic acids is 1. The number of aromatic nitrogens is 3. The Morgan fingerprint density at radius 3 is 2.75 bits per heavy atom. The molecule has 0 bridgehead atoms. The van der Waals surface area contributed by atoms with Gasteiger partial charge in [-0.05, 0) is 48.0 Å². The Morgan fingerprint density at radius 1 is 1.14 bits per heavy atom. The molecule has 0 aliphatic carbocycles. The lowest BCUT2D eigenvalue weighted by molar-refractivity contribution is 0.0696. The first-order valence-electron chi connectivity index (χ1n) is 8.20. The van der Waals surface area contributed by atoms with Crippen molar-refractivity contribution < 1.29 is 14.3 Å². The van der Waals surface area contributed by atoms with Crippen molar-refractivity contribution in [3.63, 3.8) is 0 Å². The molecular formula is C20H12FN5O2. The number of carbonyl (C=O) groups is 1. The topological polar surface area (TPSA) is 103 Å². The van der Waals surface area contributed by atoms with E-state index in [1.54, 1.807) is 42.6 Å². The number of fused-ring (bicyclic) bond motifs is 1. The number of anilines is 2. The highest BCUT2D eigenvalue weighted by Crippen LogP contribution is 2.24. The summed E-state index contributed by atoms with van der Waals surface area (Å²) < 4.78 is 15.3. The van der Waals surface area contributed by atoms with Gasteiger partial charge in [-0.15, -0.1) is 5.10 Å². The van der Waals surface area contributed by atoms with Crippen molar-refractivity contribution in [2.75, 3.05) is 5.32 Å². The molecular weight excluding hydrogens is 361 g/mol. The van der Waals surface area contributed by atoms with Crippen LogP contribution in [0.15, 0.2) is 60.8 Å². The maximum atomic E-state index is 13.8. The Bertz CT molecular complexity index is 1260. The molecule has 0 fully saturated rings. The van der Waals surface area contributed by atoms with Gasteiger partial charge < -0.3 is 10.4 Å². The average Bonchev–Trinajstić information content (AvgIpc) is 3.09. The first-order valence-corrected chi connectivity index (χ1v) is 8.20. The van der Waals surface area contributed by atoms with E-state index in [9.17, 15) is 14.4 Å². The van der Waals surface area contributed by atoms with Crippen LogP contribution in [0.4, 0.5) is 16.0 Å². The second-order valence-electron chi connectivity index (χ2n) is 5.97. The fourth-order valence-corrected chi connectivity index (χ4v) is 2.80. The van der Waals surface area contributed by atoms with Crippen LogP contribution in [-0.2, 0) is 0 Å². The van der Waals surface area contributed by atoms with Gasteiger partial charge in [0.25, 0.3) is 0 Å². The Kier molecular flexibility index (Phi) is 4.18. The number of carboxylic acids is 1. The van der Waals surface area contributed by atoms with Crippen LogP contribution in [0.25, 0.3) is 16.8 Å². The molecule has 4 aromatic rings. The highest BCUT2D eigenvalue weighted by molar-refractivity contribution is 5.89. The van der Waals surface area contributed by atoms with Crippen LogP contribution in [0.1, 0.15) is 15.9 Å². The molecule has 7 nitrogen and oxygen atoms in total. The van der Waals surface area contributed by atoms with Gasteiger partial charge in [0.05, 0.1) is 16.8 Å². The Balaban J connectivity index is 1.71. The molecule has 0 saturated heterocycles. The number of halogens is 1. The third-order valence-corrected chi connectivity index (χ3v) is 4.10. The van der Waals surface area contributed by atoms with E-state index in [0.29, 0.717) is 34.0 Å². The zero-order valence-electron chi connectivity index (χ0n) is 14.3. The summed E-state index contributed by atoms with van der Waals surface area (Å²) in [6.45, 7) is 0. The molecule has 0 saturated carbocycles. The Morgan fingerprint density at radius 2 is 1.96 bits per heavy atom. The summed E-state index contributed by atoms with van der Waals surface area (Å²) >= 11 is 0. The predicted molar refractivity (Wildman–Crippen MR) is 99.8 cm³/mol. The summed E-state index contributed by atoms with van der Waals surface area (Å²) in [5.41, 5.74) is 2.45. The molecule has 28 heavy (non-hydrogen) atoms. The van der Waals surface area contributed by atoms with Crippen molar-refractivity contribution in [3.05, 3.63) is 77.7 Å². The van der Waals surface area contributed by atoms with Crippen molar-refractivity contribution >= 4 is 23.3 Å². The van der Waals surface area contributed by atoms with Crippen molar-refractivity contribution in [2.45, 2.75) is 0 Å². The van der Waals surface area contributed by atoms with Gasteiger partial charge >= 0.3 is 5.97 Å². The van der Waals surface area contributed by atoms with Crippen LogP contribution >= 0.6 is 0 Å². The minimum Gasteiger partial charge on any atom is -0.478 e. The van der Waals surface area contributed by atoms with Gasteiger partial charge in [-0.25, -0.2) is 13.7 Å². The number of para-hydroxylation sites is 1. The van der Waals surface area contributed by atoms with E-state index < -0.39 is 11.8 Å². The van der Waals surface area contributed by atoms with Gasteiger partial charge in [0, 0.05) is 11.8 Å². The van der Waals surface area contributed by atoms with Crippen molar-refractivity contribution in [3.8, 4) is 17.2 Å². The second-order valence-corrected chi connectivity index (χ2v) is 5.97. The van der Waals surface area contributed by atoms with E-state index in [4.69, 9.17) is 5.11 Å². The van der Waals surface area contributed by atoms with E-state index in [-0.39, 0.29) is 5.56 Å². The van der Waals surface area contributed by atoms with E-state index in [0.717, 1.165) is 6.07 Å². The average molecular weight is 373 g/mol. The van der Waals surface area contributed by atoms with E-state index in [1.165, 1.54) is 16.6 Å². The monoisotopic (exact) mass is 373 g/mol. The summed E-state index contributed by atoms with van der Waals surface area (Å²) in [6.07, 6.45) is 1.63. The zero-order valence-corrected chi connectivity index (χ0v) is 14.3. The van der Waals surface area contributed by atoms with Gasteiger partial charge in [-0.3, -0.25) is 0 Å². The molecule has 2 aromatic heterocycles. The molecule has 8 heteroatoms. The maximum absolute atomic E-state index is 13.8. The molecule has 2 aromatic carbocycles. The summed E-state index contributed by atoms with van der Waals surface area (Å²) in [4.78, 5) is 15.5. The molecule has 4 rings (SSSR count). The van der Waals surface area contributed by atoms with Crippen LogP contribution in [-0.4, -0.2) is 25.7 Å². The summed E-state index contributed by atoms with van der Waals surface area (Å²) in [5, 5.41) is 25.6. The van der Waals surface area contributed by atoms with Crippen LogP contribution in [0, 0.1) is 17.1 Å². The number of benzene rings is 2. The molecule has 2 heterocycles. The number of nitriles is 1. The number of carboxylic acid groups (broad SMARTS) is 1. The summed E-state index contributed by atoms with van der Waals surface area (Å²) in [5.74, 6) is -1.54. The van der Waals surface area contributed by atoms with Crippen LogP contribution in [0.3, 0.4) is 0 Å². The number of pyridine rings is 1. The summed E-state index contributed by atoms with van der Waals surface area (Å²) in [7, 11) is 0. The lowest BCUT2D eigenvalue weighted by Gasteiger charge is -2.04. The fourth-order valence-electron chi connectivity index (χ4n) is 2.80. The number of nitrogens with zero attached hydrogens (tertiary/aromatic N) is 4. The van der Waals surface area contributed by atoms with Crippen LogP contribution < -0.4 is 5.32 Å². The van der Waals surface area contributed by atoms with Crippen LogP contribution in [0.5, 0.6) is 0 Å². The van der Waals surface area contributed by atoms with E-state index in [2.05, 4.69) is 21.5 Å². The minimum absolute atomic E-state index is 0.135. The van der Waals surface area contributed by atoms with Crippen molar-refractivity contribution in [1.29, 1.82) is 5.26 Å². The number of hydrogen-bond donors (Lipinski definition) is 2. The first-order chi connectivity index (χ1) is 13.5. The lowest BCUT2D eigenvalue weighted by Crippen LogP contribution is -1.98. The van der Waals surface area contributed by atoms with Crippen LogP contribution in [0.2, 0.25) is 0 Å². The quantitative estimate of drug-likeness (QED) is 0.563. The SMILES string of the molecule is N#Cc1ccccc1Nc1nc2ccc(-c3cc(F)cc(C(=O)O)c3)cn2n1. The largest absolute Gasteiger partial charge is 0.478 e. The molecule has 0 amide bonds. The zero-order chi connectivity index (χ0) is 19.7. The Labute approximate surface area is 158 Å². The third-order valence-electron chi connectivity index (χ3n) is 4.10.